The minimum Gasteiger partial charge on any atom is -0.486 e. The highest BCUT2D eigenvalue weighted by Gasteiger charge is 2.21. The second-order valence-corrected chi connectivity index (χ2v) is 7.26. The highest BCUT2D eigenvalue weighted by atomic mass is 35.5. The summed E-state index contributed by atoms with van der Waals surface area (Å²) in [5.74, 6) is 1.41. The number of benzene rings is 1. The van der Waals surface area contributed by atoms with Crippen LogP contribution >= 0.6 is 34.3 Å². The lowest BCUT2D eigenvalue weighted by atomic mass is 10.1. The lowest BCUT2D eigenvalue weighted by molar-refractivity contribution is 0.171. The van der Waals surface area contributed by atoms with Crippen LogP contribution in [0.1, 0.15) is 16.5 Å². The van der Waals surface area contributed by atoms with E-state index in [1.54, 1.807) is 28.7 Å². The normalized spacial score (nSPS) is 15.3. The van der Waals surface area contributed by atoms with E-state index in [1.165, 1.54) is 9.40 Å². The van der Waals surface area contributed by atoms with E-state index in [1.807, 2.05) is 6.07 Å². The van der Waals surface area contributed by atoms with Crippen LogP contribution in [0.15, 0.2) is 29.6 Å². The van der Waals surface area contributed by atoms with Crippen molar-refractivity contribution >= 4 is 43.7 Å². The van der Waals surface area contributed by atoms with E-state index in [4.69, 9.17) is 26.8 Å². The minimum atomic E-state index is -0.252. The molecule has 0 bridgehead atoms. The summed E-state index contributed by atoms with van der Waals surface area (Å²) in [6.07, 6.45) is 0. The Bertz CT molecular complexity index is 783. The Kier molecular flexibility index (Phi) is 3.30. The Morgan fingerprint density at radius 3 is 2.62 bits per heavy atom. The van der Waals surface area contributed by atoms with Gasteiger partial charge in [0.05, 0.1) is 6.04 Å². The van der Waals surface area contributed by atoms with Gasteiger partial charge in [-0.1, -0.05) is 11.6 Å². The Morgan fingerprint density at radius 2 is 1.86 bits per heavy atom. The van der Waals surface area contributed by atoms with Gasteiger partial charge in [0.2, 0.25) is 0 Å². The molecule has 108 valence electrons. The van der Waals surface area contributed by atoms with Gasteiger partial charge in [-0.25, -0.2) is 0 Å². The molecule has 1 aromatic carbocycles. The lowest BCUT2D eigenvalue weighted by Crippen LogP contribution is -2.17. The maximum atomic E-state index is 6.41. The average molecular weight is 338 g/mol. The molecule has 0 spiro atoms. The van der Waals surface area contributed by atoms with E-state index in [0.717, 1.165) is 16.2 Å². The molecule has 2 aromatic heterocycles. The van der Waals surface area contributed by atoms with Gasteiger partial charge >= 0.3 is 0 Å². The number of fused-ring (bicyclic) bond motifs is 2. The molecular formula is C15H12ClNO2S2. The summed E-state index contributed by atoms with van der Waals surface area (Å²) in [5.41, 5.74) is 7.28. The van der Waals surface area contributed by atoms with Crippen LogP contribution < -0.4 is 15.2 Å². The molecule has 1 aliphatic rings. The summed E-state index contributed by atoms with van der Waals surface area (Å²) >= 11 is 9.80. The number of hydrogen-bond acceptors (Lipinski definition) is 5. The molecule has 4 rings (SSSR count). The first-order valence-electron chi connectivity index (χ1n) is 6.54. The molecule has 0 amide bonds. The molecule has 1 atom stereocenters. The van der Waals surface area contributed by atoms with Crippen molar-refractivity contribution < 1.29 is 9.47 Å². The summed E-state index contributed by atoms with van der Waals surface area (Å²) in [6, 6.07) is 7.70. The minimum absolute atomic E-state index is 0.252. The van der Waals surface area contributed by atoms with E-state index in [-0.39, 0.29) is 6.04 Å². The summed E-state index contributed by atoms with van der Waals surface area (Å²) in [6.45, 7) is 1.11. The standard InChI is InChI=1S/C15H12ClNO2S2/c16-9-6-11-10(18-2-3-19-11)5-8(9)15(17)14-7-13-12(21-14)1-4-20-13/h1,4-7,15H,2-3,17H2. The molecule has 6 heteroatoms. The second-order valence-electron chi connectivity index (χ2n) is 4.79. The third-order valence-corrected chi connectivity index (χ3v) is 5.97. The van der Waals surface area contributed by atoms with Crippen molar-refractivity contribution in [3.05, 3.63) is 45.1 Å². The van der Waals surface area contributed by atoms with Crippen molar-refractivity contribution in [3.63, 3.8) is 0 Å². The third kappa shape index (κ3) is 2.30. The second kappa shape index (κ2) is 5.18. The first-order valence-corrected chi connectivity index (χ1v) is 8.61. The van der Waals surface area contributed by atoms with E-state index in [9.17, 15) is 0 Å². The van der Waals surface area contributed by atoms with Crippen LogP contribution in [-0.4, -0.2) is 13.2 Å². The zero-order valence-corrected chi connectivity index (χ0v) is 13.4. The number of halogens is 1. The first-order chi connectivity index (χ1) is 10.2. The highest BCUT2D eigenvalue weighted by Crippen LogP contribution is 2.41. The van der Waals surface area contributed by atoms with Gasteiger partial charge in [-0.05, 0) is 29.1 Å². The SMILES string of the molecule is NC(c1cc2sccc2s1)c1cc2c(cc1Cl)OCCO2. The summed E-state index contributed by atoms with van der Waals surface area (Å²) in [4.78, 5) is 1.11. The number of rotatable bonds is 2. The maximum absolute atomic E-state index is 6.41. The molecule has 3 nitrogen and oxygen atoms in total. The van der Waals surface area contributed by atoms with Crippen molar-refractivity contribution in [1.29, 1.82) is 0 Å². The zero-order valence-electron chi connectivity index (χ0n) is 11.0. The Labute approximate surface area is 134 Å². The Balaban J connectivity index is 1.76. The molecule has 1 unspecified atom stereocenters. The molecule has 0 saturated heterocycles. The van der Waals surface area contributed by atoms with Gasteiger partial charge < -0.3 is 15.2 Å². The number of ether oxygens (including phenoxy) is 2. The third-order valence-electron chi connectivity index (χ3n) is 3.46. The van der Waals surface area contributed by atoms with Gasteiger partial charge in [0, 0.05) is 25.4 Å². The molecule has 3 heterocycles. The molecule has 0 aliphatic carbocycles. The fourth-order valence-electron chi connectivity index (χ4n) is 2.41. The smallest absolute Gasteiger partial charge is 0.162 e. The summed E-state index contributed by atoms with van der Waals surface area (Å²) < 4.78 is 13.7. The molecule has 0 fully saturated rings. The molecule has 3 aromatic rings. The highest BCUT2D eigenvalue weighted by molar-refractivity contribution is 7.27. The topological polar surface area (TPSA) is 44.5 Å². The van der Waals surface area contributed by atoms with Crippen LogP contribution in [0.25, 0.3) is 9.40 Å². The van der Waals surface area contributed by atoms with Gasteiger partial charge in [-0.2, -0.15) is 0 Å². The van der Waals surface area contributed by atoms with Gasteiger partial charge in [0.15, 0.2) is 11.5 Å². The predicted octanol–water partition coefficient (Wildman–Crippen LogP) is 4.44. The molecule has 2 N–H and O–H groups in total. The molecule has 0 radical (unpaired) electrons. The van der Waals surface area contributed by atoms with Crippen LogP contribution in [-0.2, 0) is 0 Å². The Morgan fingerprint density at radius 1 is 1.10 bits per heavy atom. The van der Waals surface area contributed by atoms with E-state index >= 15 is 0 Å². The van der Waals surface area contributed by atoms with Crippen LogP contribution in [0.3, 0.4) is 0 Å². The van der Waals surface area contributed by atoms with Gasteiger partial charge in [-0.15, -0.1) is 22.7 Å². The molecule has 0 saturated carbocycles. The van der Waals surface area contributed by atoms with Gasteiger partial charge in [0.25, 0.3) is 0 Å². The summed E-state index contributed by atoms with van der Waals surface area (Å²) in [5, 5.41) is 2.71. The van der Waals surface area contributed by atoms with E-state index < -0.39 is 0 Å². The largest absolute Gasteiger partial charge is 0.486 e. The van der Waals surface area contributed by atoms with Crippen molar-refractivity contribution in [2.75, 3.05) is 13.2 Å². The van der Waals surface area contributed by atoms with Crippen LogP contribution in [0.4, 0.5) is 0 Å². The number of nitrogens with two attached hydrogens (primary N) is 1. The van der Waals surface area contributed by atoms with Crippen LogP contribution in [0, 0.1) is 0 Å². The molecular weight excluding hydrogens is 326 g/mol. The molecule has 1 aliphatic heterocycles. The fraction of sp³-hybridized carbons (Fsp3) is 0.200. The Hall–Kier alpha value is -1.27. The van der Waals surface area contributed by atoms with Crippen molar-refractivity contribution in [2.45, 2.75) is 6.04 Å². The lowest BCUT2D eigenvalue weighted by Gasteiger charge is -2.21. The monoisotopic (exact) mass is 337 g/mol. The first kappa shape index (κ1) is 13.4. The number of thiophene rings is 2. The van der Waals surface area contributed by atoms with Crippen molar-refractivity contribution in [1.82, 2.24) is 0 Å². The van der Waals surface area contributed by atoms with Crippen molar-refractivity contribution in [3.8, 4) is 11.5 Å². The van der Waals surface area contributed by atoms with E-state index in [2.05, 4.69) is 17.5 Å². The van der Waals surface area contributed by atoms with Crippen molar-refractivity contribution in [2.24, 2.45) is 5.73 Å². The fourth-order valence-corrected chi connectivity index (χ4v) is 4.82. The molecule has 21 heavy (non-hydrogen) atoms. The van der Waals surface area contributed by atoms with Gasteiger partial charge in [-0.3, -0.25) is 0 Å². The van der Waals surface area contributed by atoms with Crippen LogP contribution in [0.2, 0.25) is 5.02 Å². The zero-order chi connectivity index (χ0) is 14.4. The van der Waals surface area contributed by atoms with Crippen LogP contribution in [0.5, 0.6) is 11.5 Å². The number of hydrogen-bond donors (Lipinski definition) is 1. The van der Waals surface area contributed by atoms with Gasteiger partial charge in [0.1, 0.15) is 13.2 Å². The quantitative estimate of drug-likeness (QED) is 0.752. The maximum Gasteiger partial charge on any atom is 0.162 e. The van der Waals surface area contributed by atoms with E-state index in [0.29, 0.717) is 24.0 Å². The summed E-state index contributed by atoms with van der Waals surface area (Å²) in [7, 11) is 0. The predicted molar refractivity (Wildman–Crippen MR) is 88.2 cm³/mol. The average Bonchev–Trinajstić information content (AvgIpc) is 3.07.